The molecule has 1 heterocycles. The maximum atomic E-state index is 4.13. The first-order valence-electron chi connectivity index (χ1n) is 5.49. The molecular formula is C12H18N2. The standard InChI is InChI=1S/C12H18N2/c1-10(12-6-3-7-13-9-12)14-8-11-4-2-5-11/h3,6-7,9-11,14H,2,4-5,8H2,1H3. The van der Waals surface area contributed by atoms with Gasteiger partial charge in [0.1, 0.15) is 0 Å². The molecule has 1 unspecified atom stereocenters. The minimum absolute atomic E-state index is 0.435. The summed E-state index contributed by atoms with van der Waals surface area (Å²) in [6, 6.07) is 4.56. The average Bonchev–Trinajstić information content (AvgIpc) is 2.16. The van der Waals surface area contributed by atoms with E-state index in [0.29, 0.717) is 6.04 Å². The van der Waals surface area contributed by atoms with Gasteiger partial charge in [-0.15, -0.1) is 0 Å². The van der Waals surface area contributed by atoms with Gasteiger partial charge in [0.25, 0.3) is 0 Å². The first kappa shape index (κ1) is 9.66. The summed E-state index contributed by atoms with van der Waals surface area (Å²) in [5, 5.41) is 3.56. The zero-order valence-electron chi connectivity index (χ0n) is 8.74. The molecule has 0 bridgehead atoms. The summed E-state index contributed by atoms with van der Waals surface area (Å²) in [6.07, 6.45) is 8.01. The Morgan fingerprint density at radius 1 is 1.57 bits per heavy atom. The largest absolute Gasteiger partial charge is 0.310 e. The molecule has 0 amide bonds. The minimum atomic E-state index is 0.435. The summed E-state index contributed by atoms with van der Waals surface area (Å²) in [7, 11) is 0. The van der Waals surface area contributed by atoms with Gasteiger partial charge in [0.2, 0.25) is 0 Å². The predicted octanol–water partition coefficient (Wildman–Crippen LogP) is 2.53. The number of aromatic nitrogens is 1. The second-order valence-electron chi connectivity index (χ2n) is 4.21. The molecule has 0 spiro atoms. The fraction of sp³-hybridized carbons (Fsp3) is 0.583. The van der Waals surface area contributed by atoms with Crippen molar-refractivity contribution in [3.05, 3.63) is 30.1 Å². The molecule has 1 aromatic rings. The Balaban J connectivity index is 1.80. The van der Waals surface area contributed by atoms with Crippen LogP contribution in [0.5, 0.6) is 0 Å². The second-order valence-corrected chi connectivity index (χ2v) is 4.21. The van der Waals surface area contributed by atoms with Crippen LogP contribution in [0.15, 0.2) is 24.5 Å². The summed E-state index contributed by atoms with van der Waals surface area (Å²) in [5.41, 5.74) is 1.28. The Morgan fingerprint density at radius 2 is 2.43 bits per heavy atom. The Hall–Kier alpha value is -0.890. The SMILES string of the molecule is CC(NCC1CCC1)c1cccnc1. The number of hydrogen-bond donors (Lipinski definition) is 1. The molecule has 2 heteroatoms. The highest BCUT2D eigenvalue weighted by Crippen LogP contribution is 2.26. The number of nitrogens with zero attached hydrogens (tertiary/aromatic N) is 1. The highest BCUT2D eigenvalue weighted by molar-refractivity contribution is 5.12. The topological polar surface area (TPSA) is 24.9 Å². The summed E-state index contributed by atoms with van der Waals surface area (Å²) in [6.45, 7) is 3.37. The summed E-state index contributed by atoms with van der Waals surface area (Å²) in [5.74, 6) is 0.925. The number of pyridine rings is 1. The van der Waals surface area contributed by atoms with Crippen molar-refractivity contribution in [2.45, 2.75) is 32.2 Å². The molecule has 0 saturated heterocycles. The van der Waals surface area contributed by atoms with Crippen molar-refractivity contribution in [1.29, 1.82) is 0 Å². The molecular weight excluding hydrogens is 172 g/mol. The Labute approximate surface area is 85.7 Å². The highest BCUT2D eigenvalue weighted by Gasteiger charge is 2.17. The third-order valence-electron chi connectivity index (χ3n) is 3.12. The molecule has 1 aliphatic rings. The molecule has 1 atom stereocenters. The van der Waals surface area contributed by atoms with E-state index >= 15 is 0 Å². The molecule has 1 N–H and O–H groups in total. The van der Waals surface area contributed by atoms with Gasteiger partial charge in [0, 0.05) is 18.4 Å². The minimum Gasteiger partial charge on any atom is -0.310 e. The first-order valence-corrected chi connectivity index (χ1v) is 5.49. The molecule has 0 aliphatic heterocycles. The Morgan fingerprint density at radius 3 is 3.00 bits per heavy atom. The van der Waals surface area contributed by atoms with Gasteiger partial charge in [0.15, 0.2) is 0 Å². The summed E-state index contributed by atoms with van der Waals surface area (Å²) in [4.78, 5) is 4.13. The van der Waals surface area contributed by atoms with Crippen LogP contribution in [0.1, 0.15) is 37.8 Å². The third kappa shape index (κ3) is 2.32. The van der Waals surface area contributed by atoms with E-state index in [2.05, 4.69) is 23.3 Å². The quantitative estimate of drug-likeness (QED) is 0.789. The van der Waals surface area contributed by atoms with Gasteiger partial charge in [-0.1, -0.05) is 12.5 Å². The van der Waals surface area contributed by atoms with Crippen LogP contribution in [0, 0.1) is 5.92 Å². The van der Waals surface area contributed by atoms with Crippen molar-refractivity contribution < 1.29 is 0 Å². The van der Waals surface area contributed by atoms with Crippen molar-refractivity contribution >= 4 is 0 Å². The van der Waals surface area contributed by atoms with Crippen molar-refractivity contribution in [3.63, 3.8) is 0 Å². The van der Waals surface area contributed by atoms with Crippen molar-refractivity contribution in [2.75, 3.05) is 6.54 Å². The van der Waals surface area contributed by atoms with Crippen LogP contribution in [0.25, 0.3) is 0 Å². The Bertz CT molecular complexity index is 267. The lowest BCUT2D eigenvalue weighted by molar-refractivity contribution is 0.292. The van der Waals surface area contributed by atoms with E-state index in [1.807, 2.05) is 18.5 Å². The van der Waals surface area contributed by atoms with E-state index in [4.69, 9.17) is 0 Å². The monoisotopic (exact) mass is 190 g/mol. The summed E-state index contributed by atoms with van der Waals surface area (Å²) < 4.78 is 0. The average molecular weight is 190 g/mol. The molecule has 0 aromatic carbocycles. The normalized spacial score (nSPS) is 18.9. The van der Waals surface area contributed by atoms with Crippen LogP contribution in [-0.4, -0.2) is 11.5 Å². The van der Waals surface area contributed by atoms with Crippen LogP contribution in [-0.2, 0) is 0 Å². The van der Waals surface area contributed by atoms with Crippen LogP contribution in [0.4, 0.5) is 0 Å². The van der Waals surface area contributed by atoms with Gasteiger partial charge in [-0.25, -0.2) is 0 Å². The number of nitrogens with one attached hydrogen (secondary N) is 1. The third-order valence-corrected chi connectivity index (χ3v) is 3.12. The number of hydrogen-bond acceptors (Lipinski definition) is 2. The van der Waals surface area contributed by atoms with Crippen LogP contribution in [0.2, 0.25) is 0 Å². The van der Waals surface area contributed by atoms with Gasteiger partial charge in [-0.05, 0) is 43.9 Å². The second kappa shape index (κ2) is 4.56. The molecule has 1 aliphatic carbocycles. The molecule has 76 valence electrons. The van der Waals surface area contributed by atoms with Crippen LogP contribution in [0.3, 0.4) is 0 Å². The van der Waals surface area contributed by atoms with E-state index in [0.717, 1.165) is 12.5 Å². The zero-order chi connectivity index (χ0) is 9.80. The smallest absolute Gasteiger partial charge is 0.0315 e. The van der Waals surface area contributed by atoms with E-state index in [9.17, 15) is 0 Å². The molecule has 1 fully saturated rings. The Kier molecular flexibility index (Phi) is 3.14. The van der Waals surface area contributed by atoms with E-state index in [1.54, 1.807) is 0 Å². The lowest BCUT2D eigenvalue weighted by Gasteiger charge is -2.27. The van der Waals surface area contributed by atoms with Crippen molar-refractivity contribution in [2.24, 2.45) is 5.92 Å². The number of rotatable bonds is 4. The van der Waals surface area contributed by atoms with Crippen molar-refractivity contribution in [1.82, 2.24) is 10.3 Å². The highest BCUT2D eigenvalue weighted by atomic mass is 14.9. The summed E-state index contributed by atoms with van der Waals surface area (Å²) >= 11 is 0. The molecule has 1 aromatic heterocycles. The molecule has 2 rings (SSSR count). The lowest BCUT2D eigenvalue weighted by Crippen LogP contribution is -2.29. The molecule has 14 heavy (non-hydrogen) atoms. The van der Waals surface area contributed by atoms with Gasteiger partial charge in [-0.2, -0.15) is 0 Å². The van der Waals surface area contributed by atoms with Gasteiger partial charge in [-0.3, -0.25) is 4.98 Å². The maximum absolute atomic E-state index is 4.13. The zero-order valence-corrected chi connectivity index (χ0v) is 8.74. The van der Waals surface area contributed by atoms with E-state index < -0.39 is 0 Å². The fourth-order valence-electron chi connectivity index (χ4n) is 1.79. The predicted molar refractivity (Wildman–Crippen MR) is 58.0 cm³/mol. The van der Waals surface area contributed by atoms with Gasteiger partial charge in [0.05, 0.1) is 0 Å². The lowest BCUT2D eigenvalue weighted by atomic mass is 9.85. The van der Waals surface area contributed by atoms with Gasteiger partial charge >= 0.3 is 0 Å². The van der Waals surface area contributed by atoms with Gasteiger partial charge < -0.3 is 5.32 Å². The van der Waals surface area contributed by atoms with Crippen LogP contribution < -0.4 is 5.32 Å². The first-order chi connectivity index (χ1) is 6.86. The van der Waals surface area contributed by atoms with Crippen LogP contribution >= 0.6 is 0 Å². The molecule has 0 radical (unpaired) electrons. The molecule has 2 nitrogen and oxygen atoms in total. The maximum Gasteiger partial charge on any atom is 0.0315 e. The molecule has 1 saturated carbocycles. The van der Waals surface area contributed by atoms with E-state index in [-0.39, 0.29) is 0 Å². The fourth-order valence-corrected chi connectivity index (χ4v) is 1.79. The van der Waals surface area contributed by atoms with Crippen molar-refractivity contribution in [3.8, 4) is 0 Å². The van der Waals surface area contributed by atoms with E-state index in [1.165, 1.54) is 24.8 Å².